The van der Waals surface area contributed by atoms with Gasteiger partial charge in [0.1, 0.15) is 11.9 Å². The molecule has 1 fully saturated rings. The maximum atomic E-state index is 13.6. The summed E-state index contributed by atoms with van der Waals surface area (Å²) in [6.07, 6.45) is 3.93. The monoisotopic (exact) mass is 484 g/mol. The number of carbonyl (C=O) groups excluding carboxylic acids is 2. The molecule has 35 heavy (non-hydrogen) atoms. The van der Waals surface area contributed by atoms with Gasteiger partial charge in [-0.15, -0.1) is 11.3 Å². The van der Waals surface area contributed by atoms with Crippen molar-refractivity contribution in [3.05, 3.63) is 82.3 Å². The van der Waals surface area contributed by atoms with Gasteiger partial charge in [-0.05, 0) is 35.2 Å². The number of benzene rings is 1. The molecule has 9 heteroatoms. The van der Waals surface area contributed by atoms with E-state index in [9.17, 15) is 9.59 Å². The van der Waals surface area contributed by atoms with Crippen LogP contribution in [0.25, 0.3) is 10.9 Å². The van der Waals surface area contributed by atoms with Gasteiger partial charge in [-0.25, -0.2) is 4.98 Å². The number of hydrogen-bond donors (Lipinski definition) is 2. The zero-order chi connectivity index (χ0) is 24.2. The Bertz CT molecular complexity index is 1380. The fourth-order valence-corrected chi connectivity index (χ4v) is 5.02. The van der Waals surface area contributed by atoms with E-state index in [1.54, 1.807) is 29.3 Å². The summed E-state index contributed by atoms with van der Waals surface area (Å²) in [4.78, 5) is 38.6. The maximum Gasteiger partial charge on any atom is 0.262 e. The number of H-pyrrole nitrogens is 1. The number of nitrogens with zero attached hydrogens (tertiary/aromatic N) is 4. The summed E-state index contributed by atoms with van der Waals surface area (Å²) < 4.78 is 0. The number of nitriles is 1. The highest BCUT2D eigenvalue weighted by Crippen LogP contribution is 2.21. The van der Waals surface area contributed by atoms with Gasteiger partial charge in [-0.1, -0.05) is 24.3 Å². The largest absolute Gasteiger partial charge is 0.361 e. The molecule has 8 nitrogen and oxygen atoms in total. The SMILES string of the molecule is N#Cc1ccnc(N2CCN(C(=O)[C@H](Cc3c[nH]c4ccccc34)NC(=O)c3cccs3)CC2)c1. The number of thiophene rings is 1. The van der Waals surface area contributed by atoms with E-state index in [0.29, 0.717) is 43.0 Å². The molecule has 3 aromatic heterocycles. The Hall–Kier alpha value is -4.16. The van der Waals surface area contributed by atoms with Crippen LogP contribution in [0.4, 0.5) is 5.82 Å². The van der Waals surface area contributed by atoms with Crippen molar-refractivity contribution in [1.82, 2.24) is 20.2 Å². The molecular weight excluding hydrogens is 460 g/mol. The number of aromatic nitrogens is 2. The van der Waals surface area contributed by atoms with Crippen LogP contribution in [0.15, 0.2) is 66.3 Å². The van der Waals surface area contributed by atoms with E-state index < -0.39 is 6.04 Å². The van der Waals surface area contributed by atoms with Gasteiger partial charge in [0.15, 0.2) is 0 Å². The number of hydrogen-bond acceptors (Lipinski definition) is 6. The molecule has 1 atom stereocenters. The molecule has 4 aromatic rings. The van der Waals surface area contributed by atoms with Gasteiger partial charge in [-0.2, -0.15) is 5.26 Å². The Morgan fingerprint density at radius 2 is 1.97 bits per heavy atom. The van der Waals surface area contributed by atoms with Crippen LogP contribution in [0, 0.1) is 11.3 Å². The van der Waals surface area contributed by atoms with Crippen molar-refractivity contribution in [3.63, 3.8) is 0 Å². The van der Waals surface area contributed by atoms with Crippen molar-refractivity contribution < 1.29 is 9.59 Å². The van der Waals surface area contributed by atoms with Crippen molar-refractivity contribution in [3.8, 4) is 6.07 Å². The number of anilines is 1. The smallest absolute Gasteiger partial charge is 0.262 e. The van der Waals surface area contributed by atoms with Crippen molar-refractivity contribution in [1.29, 1.82) is 5.26 Å². The predicted molar refractivity (Wildman–Crippen MR) is 135 cm³/mol. The molecule has 0 unspecified atom stereocenters. The summed E-state index contributed by atoms with van der Waals surface area (Å²) in [6.45, 7) is 2.23. The molecule has 0 aliphatic carbocycles. The predicted octanol–water partition coefficient (Wildman–Crippen LogP) is 3.19. The molecule has 176 valence electrons. The number of para-hydroxylation sites is 1. The van der Waals surface area contributed by atoms with Gasteiger partial charge in [0, 0.05) is 55.9 Å². The first-order chi connectivity index (χ1) is 17.1. The van der Waals surface area contributed by atoms with Gasteiger partial charge >= 0.3 is 0 Å². The maximum absolute atomic E-state index is 13.6. The number of carbonyl (C=O) groups is 2. The first kappa shape index (κ1) is 22.6. The quantitative estimate of drug-likeness (QED) is 0.437. The van der Waals surface area contributed by atoms with Crippen molar-refractivity contribution in [2.45, 2.75) is 12.5 Å². The molecule has 5 rings (SSSR count). The fourth-order valence-electron chi connectivity index (χ4n) is 4.39. The highest BCUT2D eigenvalue weighted by molar-refractivity contribution is 7.12. The number of aromatic amines is 1. The number of rotatable bonds is 6. The van der Waals surface area contributed by atoms with Crippen LogP contribution in [0.1, 0.15) is 20.8 Å². The summed E-state index contributed by atoms with van der Waals surface area (Å²) in [5, 5.41) is 15.0. The molecule has 0 bridgehead atoms. The molecule has 1 saturated heterocycles. The first-order valence-electron chi connectivity index (χ1n) is 11.4. The third kappa shape index (κ3) is 4.88. The molecule has 0 spiro atoms. The van der Waals surface area contributed by atoms with Gasteiger partial charge in [0.25, 0.3) is 5.91 Å². The Balaban J connectivity index is 1.32. The van der Waals surface area contributed by atoms with Crippen LogP contribution in [0.2, 0.25) is 0 Å². The van der Waals surface area contributed by atoms with E-state index in [-0.39, 0.29) is 11.8 Å². The third-order valence-corrected chi connectivity index (χ3v) is 7.11. The van der Waals surface area contributed by atoms with Crippen LogP contribution in [0.3, 0.4) is 0 Å². The molecular formula is C26H24N6O2S. The Labute approximate surface area is 206 Å². The first-order valence-corrected chi connectivity index (χ1v) is 12.3. The van der Waals surface area contributed by atoms with E-state index >= 15 is 0 Å². The second kappa shape index (κ2) is 9.99. The average molecular weight is 485 g/mol. The van der Waals surface area contributed by atoms with E-state index in [1.165, 1.54) is 11.3 Å². The lowest BCUT2D eigenvalue weighted by atomic mass is 10.0. The number of fused-ring (bicyclic) bond motifs is 1. The van der Waals surface area contributed by atoms with E-state index in [1.807, 2.05) is 41.9 Å². The number of nitrogens with one attached hydrogen (secondary N) is 2. The molecule has 0 saturated carbocycles. The summed E-state index contributed by atoms with van der Waals surface area (Å²) in [6, 6.07) is 16.4. The van der Waals surface area contributed by atoms with Crippen molar-refractivity contribution in [2.24, 2.45) is 0 Å². The lowest BCUT2D eigenvalue weighted by molar-refractivity contribution is -0.133. The number of pyridine rings is 1. The molecule has 4 heterocycles. The zero-order valence-electron chi connectivity index (χ0n) is 19.0. The van der Waals surface area contributed by atoms with E-state index in [0.717, 1.165) is 22.3 Å². The lowest BCUT2D eigenvalue weighted by Gasteiger charge is -2.37. The molecule has 2 N–H and O–H groups in total. The van der Waals surface area contributed by atoms with Crippen LogP contribution in [-0.4, -0.2) is 58.9 Å². The fraction of sp³-hybridized carbons (Fsp3) is 0.231. The topological polar surface area (TPSA) is 105 Å². The summed E-state index contributed by atoms with van der Waals surface area (Å²) in [7, 11) is 0. The number of amides is 2. The Morgan fingerprint density at radius 1 is 1.14 bits per heavy atom. The molecule has 1 aliphatic rings. The molecule has 1 aliphatic heterocycles. The molecule has 1 aromatic carbocycles. The Morgan fingerprint density at radius 3 is 2.74 bits per heavy atom. The van der Waals surface area contributed by atoms with Crippen molar-refractivity contribution >= 4 is 39.9 Å². The molecule has 2 amide bonds. The molecule has 0 radical (unpaired) electrons. The van der Waals surface area contributed by atoms with Gasteiger partial charge < -0.3 is 20.1 Å². The minimum absolute atomic E-state index is 0.0985. The second-order valence-electron chi connectivity index (χ2n) is 8.39. The third-order valence-electron chi connectivity index (χ3n) is 6.24. The normalized spacial score (nSPS) is 14.5. The summed E-state index contributed by atoms with van der Waals surface area (Å²) in [5.41, 5.74) is 2.55. The standard InChI is InChI=1S/C26H24N6O2S/c27-16-18-7-8-28-24(14-18)31-9-11-32(12-10-31)26(34)22(30-25(33)23-6-3-13-35-23)15-19-17-29-21-5-2-1-4-20(19)21/h1-8,13-14,17,22,29H,9-12,15H2,(H,30,33)/t22-/m0/s1. The van der Waals surface area contributed by atoms with E-state index in [2.05, 4.69) is 26.3 Å². The van der Waals surface area contributed by atoms with Crippen LogP contribution >= 0.6 is 11.3 Å². The van der Waals surface area contributed by atoms with Crippen LogP contribution in [0.5, 0.6) is 0 Å². The highest BCUT2D eigenvalue weighted by Gasteiger charge is 2.30. The van der Waals surface area contributed by atoms with Gasteiger partial charge in [-0.3, -0.25) is 9.59 Å². The highest BCUT2D eigenvalue weighted by atomic mass is 32.1. The van der Waals surface area contributed by atoms with Crippen LogP contribution in [-0.2, 0) is 11.2 Å². The summed E-state index contributed by atoms with van der Waals surface area (Å²) >= 11 is 1.35. The minimum Gasteiger partial charge on any atom is -0.361 e. The van der Waals surface area contributed by atoms with Crippen LogP contribution < -0.4 is 10.2 Å². The number of piperazine rings is 1. The minimum atomic E-state index is -0.685. The zero-order valence-corrected chi connectivity index (χ0v) is 19.8. The average Bonchev–Trinajstić information content (AvgIpc) is 3.59. The second-order valence-corrected chi connectivity index (χ2v) is 9.34. The van der Waals surface area contributed by atoms with Gasteiger partial charge in [0.05, 0.1) is 16.5 Å². The van der Waals surface area contributed by atoms with Crippen molar-refractivity contribution in [2.75, 3.05) is 31.1 Å². The Kier molecular flexibility index (Phi) is 6.46. The lowest BCUT2D eigenvalue weighted by Crippen LogP contribution is -2.55. The van der Waals surface area contributed by atoms with E-state index in [4.69, 9.17) is 5.26 Å². The van der Waals surface area contributed by atoms with Gasteiger partial charge in [0.2, 0.25) is 5.91 Å². The summed E-state index contributed by atoms with van der Waals surface area (Å²) in [5.74, 6) is 0.394.